The molecule has 3 N–H and O–H groups in total. The van der Waals surface area contributed by atoms with Crippen LogP contribution in [0.2, 0.25) is 0 Å². The number of aromatic amines is 1. The summed E-state index contributed by atoms with van der Waals surface area (Å²) in [7, 11) is 0. The zero-order chi connectivity index (χ0) is 19.7. The third kappa shape index (κ3) is 4.52. The summed E-state index contributed by atoms with van der Waals surface area (Å²) in [4.78, 5) is 12.9. The molecule has 0 fully saturated rings. The van der Waals surface area contributed by atoms with Gasteiger partial charge in [-0.3, -0.25) is 9.89 Å². The van der Waals surface area contributed by atoms with Crippen LogP contribution in [0, 0.1) is 0 Å². The highest BCUT2D eigenvalue weighted by molar-refractivity contribution is 6.03. The van der Waals surface area contributed by atoms with E-state index in [1.165, 1.54) is 0 Å². The molecule has 3 heterocycles. The molecule has 0 atom stereocenters. The summed E-state index contributed by atoms with van der Waals surface area (Å²) < 4.78 is 1.85. The number of fused-ring (bicyclic) bond motifs is 1. The van der Waals surface area contributed by atoms with Crippen molar-refractivity contribution in [1.29, 1.82) is 0 Å². The third-order valence-electron chi connectivity index (χ3n) is 4.99. The third-order valence-corrected chi connectivity index (χ3v) is 4.99. The Kier molecular flexibility index (Phi) is 6.10. The highest BCUT2D eigenvalue weighted by Gasteiger charge is 2.24. The Balaban J connectivity index is 0.00000240. The number of H-pyrrole nitrogens is 1. The normalized spacial score (nSPS) is 13.5. The fourth-order valence-corrected chi connectivity index (χ4v) is 3.35. The van der Waals surface area contributed by atoms with Crippen molar-refractivity contribution in [2.45, 2.75) is 45.7 Å². The van der Waals surface area contributed by atoms with Crippen LogP contribution < -0.4 is 10.6 Å². The second-order valence-corrected chi connectivity index (χ2v) is 8.22. The van der Waals surface area contributed by atoms with Gasteiger partial charge >= 0.3 is 0 Å². The van der Waals surface area contributed by atoms with E-state index < -0.39 is 0 Å². The van der Waals surface area contributed by atoms with E-state index in [0.717, 1.165) is 35.5 Å². The number of carbonyl (C=O) groups is 1. The summed E-state index contributed by atoms with van der Waals surface area (Å²) in [6, 6.07) is 12.1. The van der Waals surface area contributed by atoms with Gasteiger partial charge in [-0.25, -0.2) is 4.68 Å². The highest BCUT2D eigenvalue weighted by Crippen LogP contribution is 2.25. The van der Waals surface area contributed by atoms with Crippen molar-refractivity contribution in [2.24, 2.45) is 0 Å². The number of nitrogens with one attached hydrogen (secondary N) is 3. The Morgan fingerprint density at radius 3 is 2.72 bits per heavy atom. The van der Waals surface area contributed by atoms with E-state index >= 15 is 0 Å². The molecule has 7 nitrogen and oxygen atoms in total. The van der Waals surface area contributed by atoms with Crippen LogP contribution in [0.4, 0.5) is 5.82 Å². The maximum Gasteiger partial charge on any atom is 0.277 e. The van der Waals surface area contributed by atoms with E-state index in [4.69, 9.17) is 5.10 Å². The number of anilines is 1. The lowest BCUT2D eigenvalue weighted by atomic mass is 9.92. The maximum atomic E-state index is 12.9. The topological polar surface area (TPSA) is 87.6 Å². The molecular weight excluding hydrogens is 388 g/mol. The fraction of sp³-hybridized carbons (Fsp3) is 0.381. The monoisotopic (exact) mass is 414 g/mol. The first-order valence-electron chi connectivity index (χ1n) is 9.62. The molecular formula is C21H27ClN6O. The van der Waals surface area contributed by atoms with Gasteiger partial charge in [0.25, 0.3) is 5.91 Å². The molecule has 29 heavy (non-hydrogen) atoms. The van der Waals surface area contributed by atoms with Gasteiger partial charge in [-0.15, -0.1) is 12.4 Å². The Labute approximate surface area is 176 Å². The minimum atomic E-state index is -0.212. The van der Waals surface area contributed by atoms with Crippen LogP contribution in [0.5, 0.6) is 0 Å². The van der Waals surface area contributed by atoms with Crippen molar-refractivity contribution in [3.63, 3.8) is 0 Å². The van der Waals surface area contributed by atoms with Crippen molar-refractivity contribution < 1.29 is 4.79 Å². The van der Waals surface area contributed by atoms with E-state index in [-0.39, 0.29) is 23.7 Å². The Hall–Kier alpha value is -2.64. The Morgan fingerprint density at radius 2 is 2.00 bits per heavy atom. The first kappa shape index (κ1) is 21.1. The quantitative estimate of drug-likeness (QED) is 0.611. The predicted molar refractivity (Wildman–Crippen MR) is 116 cm³/mol. The van der Waals surface area contributed by atoms with Gasteiger partial charge in [-0.1, -0.05) is 51.1 Å². The van der Waals surface area contributed by atoms with Crippen LogP contribution in [0.3, 0.4) is 0 Å². The van der Waals surface area contributed by atoms with E-state index in [2.05, 4.69) is 53.7 Å². The molecule has 1 aliphatic rings. The van der Waals surface area contributed by atoms with E-state index in [9.17, 15) is 4.79 Å². The van der Waals surface area contributed by atoms with Crippen LogP contribution in [-0.4, -0.2) is 32.4 Å². The van der Waals surface area contributed by atoms with Crippen LogP contribution in [0.1, 0.15) is 53.8 Å². The Bertz CT molecular complexity index is 987. The van der Waals surface area contributed by atoms with E-state index in [1.807, 2.05) is 28.9 Å². The molecule has 1 aliphatic heterocycles. The first-order chi connectivity index (χ1) is 13.4. The van der Waals surface area contributed by atoms with Gasteiger partial charge in [0.2, 0.25) is 0 Å². The zero-order valence-corrected chi connectivity index (χ0v) is 17.8. The molecule has 4 rings (SSSR count). The standard InChI is InChI=1S/C21H26N6O.ClH/c1-21(2,3)17-11-18(27(26-17)13-14-7-5-4-6-8-14)23-20(28)19-15-12-22-10-9-16(15)24-25-19;/h4-8,11,22H,9-10,12-13H2,1-3H3,(H,23,28)(H,24,25);1H. The molecule has 0 saturated heterocycles. The van der Waals surface area contributed by atoms with Gasteiger partial charge < -0.3 is 10.6 Å². The van der Waals surface area contributed by atoms with Crippen molar-refractivity contribution in [3.8, 4) is 0 Å². The van der Waals surface area contributed by atoms with Crippen LogP contribution in [-0.2, 0) is 24.9 Å². The summed E-state index contributed by atoms with van der Waals surface area (Å²) in [6.07, 6.45) is 0.857. The molecule has 1 aromatic carbocycles. The minimum absolute atomic E-state index is 0. The number of rotatable bonds is 4. The lowest BCUT2D eigenvalue weighted by molar-refractivity contribution is 0.102. The van der Waals surface area contributed by atoms with Gasteiger partial charge in [0.15, 0.2) is 5.69 Å². The van der Waals surface area contributed by atoms with Crippen molar-refractivity contribution in [1.82, 2.24) is 25.3 Å². The van der Waals surface area contributed by atoms with Crippen molar-refractivity contribution >= 4 is 24.1 Å². The van der Waals surface area contributed by atoms with Gasteiger partial charge in [0, 0.05) is 42.2 Å². The molecule has 8 heteroatoms. The molecule has 3 aromatic rings. The number of nitrogens with zero attached hydrogens (tertiary/aromatic N) is 3. The number of hydrogen-bond donors (Lipinski definition) is 3. The first-order valence-corrected chi connectivity index (χ1v) is 9.62. The average Bonchev–Trinajstić information content (AvgIpc) is 3.27. The van der Waals surface area contributed by atoms with Gasteiger partial charge in [-0.05, 0) is 5.56 Å². The predicted octanol–water partition coefficient (Wildman–Crippen LogP) is 3.27. The number of aromatic nitrogens is 4. The number of hydrogen-bond acceptors (Lipinski definition) is 4. The van der Waals surface area contributed by atoms with E-state index in [1.54, 1.807) is 0 Å². The molecule has 0 spiro atoms. The number of benzene rings is 1. The molecule has 1 amide bonds. The maximum absolute atomic E-state index is 12.9. The van der Waals surface area contributed by atoms with Crippen molar-refractivity contribution in [2.75, 3.05) is 11.9 Å². The lowest BCUT2D eigenvalue weighted by Crippen LogP contribution is -2.25. The number of carbonyl (C=O) groups excluding carboxylic acids is 1. The zero-order valence-electron chi connectivity index (χ0n) is 17.0. The van der Waals surface area contributed by atoms with Crippen LogP contribution in [0.25, 0.3) is 0 Å². The molecule has 0 bridgehead atoms. The van der Waals surface area contributed by atoms with Crippen LogP contribution >= 0.6 is 12.4 Å². The number of halogens is 1. The van der Waals surface area contributed by atoms with Gasteiger partial charge in [0.1, 0.15) is 5.82 Å². The second kappa shape index (κ2) is 8.39. The number of amides is 1. The molecule has 0 aliphatic carbocycles. The Morgan fingerprint density at radius 1 is 1.24 bits per heavy atom. The van der Waals surface area contributed by atoms with Gasteiger partial charge in [0.05, 0.1) is 12.2 Å². The summed E-state index contributed by atoms with van der Waals surface area (Å²) in [5.41, 5.74) is 4.39. The molecule has 0 radical (unpaired) electrons. The average molecular weight is 415 g/mol. The van der Waals surface area contributed by atoms with Crippen molar-refractivity contribution in [3.05, 3.63) is 64.6 Å². The highest BCUT2D eigenvalue weighted by atomic mass is 35.5. The summed E-state index contributed by atoms with van der Waals surface area (Å²) in [6.45, 7) is 8.49. The fourth-order valence-electron chi connectivity index (χ4n) is 3.35. The van der Waals surface area contributed by atoms with Gasteiger partial charge in [-0.2, -0.15) is 10.2 Å². The van der Waals surface area contributed by atoms with Crippen LogP contribution in [0.15, 0.2) is 36.4 Å². The SMILES string of the molecule is CC(C)(C)c1cc(NC(=O)c2n[nH]c3c2CNCC3)n(Cc2ccccc2)n1.Cl. The molecule has 2 aromatic heterocycles. The summed E-state index contributed by atoms with van der Waals surface area (Å²) in [5, 5.41) is 18.3. The summed E-state index contributed by atoms with van der Waals surface area (Å²) >= 11 is 0. The lowest BCUT2D eigenvalue weighted by Gasteiger charge is -2.14. The largest absolute Gasteiger partial charge is 0.312 e. The minimum Gasteiger partial charge on any atom is -0.312 e. The van der Waals surface area contributed by atoms with E-state index in [0.29, 0.717) is 24.6 Å². The second-order valence-electron chi connectivity index (χ2n) is 8.22. The molecule has 154 valence electrons. The molecule has 0 unspecified atom stereocenters. The molecule has 0 saturated carbocycles. The smallest absolute Gasteiger partial charge is 0.277 e. The summed E-state index contributed by atoms with van der Waals surface area (Å²) in [5.74, 6) is 0.468.